The molecule has 0 unspecified atom stereocenters. The lowest BCUT2D eigenvalue weighted by Gasteiger charge is -2.11. The Balaban J connectivity index is 1.34. The summed E-state index contributed by atoms with van der Waals surface area (Å²) in [5.41, 5.74) is 5.13. The molecule has 3 heterocycles. The van der Waals surface area contributed by atoms with Gasteiger partial charge in [0, 0.05) is 22.9 Å². The topological polar surface area (TPSA) is 83.5 Å². The summed E-state index contributed by atoms with van der Waals surface area (Å²) >= 11 is 1.32. The van der Waals surface area contributed by atoms with Crippen LogP contribution in [0.3, 0.4) is 0 Å². The second kappa shape index (κ2) is 13.5. The highest BCUT2D eigenvalue weighted by Gasteiger charge is 2.16. The van der Waals surface area contributed by atoms with Crippen molar-refractivity contribution in [3.8, 4) is 39.8 Å². The van der Waals surface area contributed by atoms with E-state index in [1.54, 1.807) is 0 Å². The number of rotatable bonds is 12. The molecule has 0 N–H and O–H groups in total. The molecule has 0 amide bonds. The molecule has 9 heteroatoms. The Morgan fingerprint density at radius 1 is 0.933 bits per heavy atom. The Hall–Kier alpha value is -4.76. The van der Waals surface area contributed by atoms with Gasteiger partial charge in [0.25, 0.3) is 5.56 Å². The third kappa shape index (κ3) is 6.83. The van der Waals surface area contributed by atoms with Crippen LogP contribution in [0.2, 0.25) is 0 Å². The fraction of sp³-hybridized carbons (Fsp3) is 0.278. The molecule has 0 spiro atoms. The third-order valence-corrected chi connectivity index (χ3v) is 8.47. The van der Waals surface area contributed by atoms with Gasteiger partial charge in [-0.25, -0.2) is 4.68 Å². The first kappa shape index (κ1) is 30.3. The molecule has 0 saturated heterocycles. The van der Waals surface area contributed by atoms with Crippen LogP contribution in [0, 0.1) is 12.8 Å². The van der Waals surface area contributed by atoms with Gasteiger partial charge in [-0.3, -0.25) is 4.79 Å². The van der Waals surface area contributed by atoms with Gasteiger partial charge >= 0.3 is 0 Å². The van der Waals surface area contributed by atoms with E-state index in [9.17, 15) is 4.79 Å². The van der Waals surface area contributed by atoms with Crippen LogP contribution in [0.1, 0.15) is 51.2 Å². The van der Waals surface area contributed by atoms with Gasteiger partial charge in [0.2, 0.25) is 4.96 Å². The number of aryl methyl sites for hydroxylation is 1. The first-order chi connectivity index (χ1) is 21.9. The summed E-state index contributed by atoms with van der Waals surface area (Å²) in [5.74, 6) is 2.77. The van der Waals surface area contributed by atoms with Crippen LogP contribution in [-0.4, -0.2) is 37.6 Å². The maximum atomic E-state index is 13.5. The number of nitrogens with zero attached hydrogens (tertiary/aromatic N) is 5. The summed E-state index contributed by atoms with van der Waals surface area (Å²) in [7, 11) is 0. The van der Waals surface area contributed by atoms with Gasteiger partial charge in [-0.05, 0) is 91.9 Å². The van der Waals surface area contributed by atoms with Crippen molar-refractivity contribution < 1.29 is 9.47 Å². The van der Waals surface area contributed by atoms with Crippen molar-refractivity contribution in [3.05, 3.63) is 105 Å². The summed E-state index contributed by atoms with van der Waals surface area (Å²) in [6.07, 6.45) is 6.94. The zero-order valence-electron chi connectivity index (χ0n) is 26.1. The second-order valence-electron chi connectivity index (χ2n) is 11.5. The van der Waals surface area contributed by atoms with Crippen LogP contribution in [0.15, 0.2) is 83.8 Å². The number of para-hydroxylation sites is 1. The molecule has 45 heavy (non-hydrogen) atoms. The van der Waals surface area contributed by atoms with Crippen LogP contribution in [-0.2, 0) is 0 Å². The van der Waals surface area contributed by atoms with E-state index in [4.69, 9.17) is 14.6 Å². The van der Waals surface area contributed by atoms with E-state index >= 15 is 0 Å². The predicted molar refractivity (Wildman–Crippen MR) is 180 cm³/mol. The number of fused-ring (bicyclic) bond motifs is 1. The van der Waals surface area contributed by atoms with E-state index in [0.717, 1.165) is 64.4 Å². The molecule has 0 radical (unpaired) electrons. The Kier molecular flexibility index (Phi) is 9.07. The molecule has 0 bridgehead atoms. The lowest BCUT2D eigenvalue weighted by Crippen LogP contribution is -2.23. The summed E-state index contributed by atoms with van der Waals surface area (Å²) in [6, 6.07) is 23.7. The monoisotopic (exact) mass is 619 g/mol. The Labute approximate surface area is 266 Å². The fourth-order valence-corrected chi connectivity index (χ4v) is 5.82. The smallest absolute Gasteiger partial charge is 0.291 e. The van der Waals surface area contributed by atoms with Crippen molar-refractivity contribution in [1.82, 2.24) is 24.4 Å². The molecule has 0 aliphatic rings. The van der Waals surface area contributed by atoms with E-state index < -0.39 is 0 Å². The summed E-state index contributed by atoms with van der Waals surface area (Å²) in [6.45, 7) is 9.94. The highest BCUT2D eigenvalue weighted by Crippen LogP contribution is 2.29. The quantitative estimate of drug-likeness (QED) is 0.136. The van der Waals surface area contributed by atoms with Gasteiger partial charge in [0.15, 0.2) is 5.82 Å². The Morgan fingerprint density at radius 3 is 2.42 bits per heavy atom. The van der Waals surface area contributed by atoms with Crippen LogP contribution >= 0.6 is 11.3 Å². The number of ether oxygens (including phenoxy) is 2. The second-order valence-corrected chi connectivity index (χ2v) is 12.5. The van der Waals surface area contributed by atoms with Crippen molar-refractivity contribution in [1.29, 1.82) is 0 Å². The van der Waals surface area contributed by atoms with Gasteiger partial charge in [-0.1, -0.05) is 56.7 Å². The molecule has 230 valence electrons. The average molecular weight is 620 g/mol. The van der Waals surface area contributed by atoms with E-state index in [-0.39, 0.29) is 5.56 Å². The van der Waals surface area contributed by atoms with E-state index in [2.05, 4.69) is 36.9 Å². The van der Waals surface area contributed by atoms with Crippen molar-refractivity contribution >= 4 is 22.4 Å². The predicted octanol–water partition coefficient (Wildman–Crippen LogP) is 7.13. The van der Waals surface area contributed by atoms with E-state index in [0.29, 0.717) is 34.4 Å². The molecule has 0 aliphatic heterocycles. The molecule has 6 rings (SSSR count). The normalized spacial score (nSPS) is 12.0. The van der Waals surface area contributed by atoms with Gasteiger partial charge in [-0.15, -0.1) is 5.10 Å². The molecule has 3 aromatic heterocycles. The van der Waals surface area contributed by atoms with Crippen molar-refractivity contribution in [3.63, 3.8) is 0 Å². The van der Waals surface area contributed by atoms with Crippen molar-refractivity contribution in [2.75, 3.05) is 13.2 Å². The SMILES string of the molecule is CCCCOc1ccc(-c2nc3sc(=Cc4cn(-c5ccccc5)nc4-c4ccc(OCCC(C)C)c(C)c4)c(=O)n3n2)cc1. The Morgan fingerprint density at radius 2 is 1.71 bits per heavy atom. The summed E-state index contributed by atoms with van der Waals surface area (Å²) in [5, 5.41) is 9.51. The number of hydrogen-bond donors (Lipinski definition) is 0. The van der Waals surface area contributed by atoms with Gasteiger partial charge in [0.05, 0.1) is 23.4 Å². The Bertz CT molecular complexity index is 2010. The number of hydrogen-bond acceptors (Lipinski definition) is 7. The molecule has 0 atom stereocenters. The van der Waals surface area contributed by atoms with Crippen LogP contribution in [0.25, 0.3) is 39.4 Å². The lowest BCUT2D eigenvalue weighted by atomic mass is 10.0. The summed E-state index contributed by atoms with van der Waals surface area (Å²) in [4.78, 5) is 18.7. The largest absolute Gasteiger partial charge is 0.494 e. The van der Waals surface area contributed by atoms with Gasteiger partial charge in [0.1, 0.15) is 17.2 Å². The number of benzene rings is 3. The number of aromatic nitrogens is 5. The van der Waals surface area contributed by atoms with Crippen molar-refractivity contribution in [2.24, 2.45) is 5.92 Å². The van der Waals surface area contributed by atoms with E-state index in [1.807, 2.05) is 90.6 Å². The first-order valence-electron chi connectivity index (χ1n) is 15.4. The zero-order chi connectivity index (χ0) is 31.3. The molecule has 0 aliphatic carbocycles. The minimum absolute atomic E-state index is 0.211. The highest BCUT2D eigenvalue weighted by molar-refractivity contribution is 7.15. The molecule has 0 saturated carbocycles. The highest BCUT2D eigenvalue weighted by atomic mass is 32.1. The van der Waals surface area contributed by atoms with Gasteiger partial charge in [-0.2, -0.15) is 14.6 Å². The summed E-state index contributed by atoms with van der Waals surface area (Å²) < 4.78 is 15.6. The zero-order valence-corrected chi connectivity index (χ0v) is 26.9. The first-order valence-corrected chi connectivity index (χ1v) is 16.2. The number of thiazole rings is 1. The maximum absolute atomic E-state index is 13.5. The lowest BCUT2D eigenvalue weighted by molar-refractivity contribution is 0.288. The van der Waals surface area contributed by atoms with Crippen molar-refractivity contribution in [2.45, 2.75) is 47.0 Å². The third-order valence-electron chi connectivity index (χ3n) is 7.51. The van der Waals surface area contributed by atoms with Gasteiger partial charge < -0.3 is 9.47 Å². The molecule has 3 aromatic carbocycles. The van der Waals surface area contributed by atoms with Crippen LogP contribution in [0.5, 0.6) is 11.5 Å². The average Bonchev–Trinajstić information content (AvgIpc) is 3.74. The van der Waals surface area contributed by atoms with E-state index in [1.165, 1.54) is 15.9 Å². The fourth-order valence-electron chi connectivity index (χ4n) is 4.93. The standard InChI is InChI=1S/C36H37N5O3S/c1-5-6-19-43-30-15-12-26(13-16-30)34-37-36-41(39-34)35(42)32(45-36)22-28-23-40(29-10-8-7-9-11-29)38-33(28)27-14-17-31(25(4)21-27)44-20-18-24(2)3/h7-17,21-24H,5-6,18-20H2,1-4H3. The molecule has 8 nitrogen and oxygen atoms in total. The molecule has 6 aromatic rings. The molecular formula is C36H37N5O3S. The molecular weight excluding hydrogens is 582 g/mol. The number of unbranched alkanes of at least 4 members (excludes halogenated alkanes) is 1. The molecule has 0 fully saturated rings. The van der Waals surface area contributed by atoms with Crippen LogP contribution in [0.4, 0.5) is 0 Å². The minimum Gasteiger partial charge on any atom is -0.494 e. The minimum atomic E-state index is -0.211. The maximum Gasteiger partial charge on any atom is 0.291 e. The van der Waals surface area contributed by atoms with Crippen LogP contribution < -0.4 is 19.6 Å².